The maximum atomic E-state index is 13.6. The highest BCUT2D eigenvalue weighted by Gasteiger charge is 2.31. The SMILES string of the molecule is C=CC(=O)N(Cc1cc(F)cc(OC)c1)[C@H]1CCCC[C@@H]1O. The Morgan fingerprint density at radius 3 is 2.82 bits per heavy atom. The summed E-state index contributed by atoms with van der Waals surface area (Å²) in [7, 11) is 1.47. The lowest BCUT2D eigenvalue weighted by atomic mass is 9.91. The Morgan fingerprint density at radius 1 is 1.45 bits per heavy atom. The zero-order valence-electron chi connectivity index (χ0n) is 12.8. The van der Waals surface area contributed by atoms with Crippen molar-refractivity contribution in [2.24, 2.45) is 0 Å². The van der Waals surface area contributed by atoms with Gasteiger partial charge in [0.1, 0.15) is 11.6 Å². The first kappa shape index (κ1) is 16.5. The van der Waals surface area contributed by atoms with E-state index in [0.717, 1.165) is 19.3 Å². The van der Waals surface area contributed by atoms with E-state index in [1.54, 1.807) is 11.0 Å². The summed E-state index contributed by atoms with van der Waals surface area (Å²) in [6.07, 6.45) is 4.04. The molecule has 0 aromatic heterocycles. The molecule has 0 heterocycles. The molecule has 0 aliphatic heterocycles. The van der Waals surface area contributed by atoms with Crippen LogP contribution in [0.4, 0.5) is 4.39 Å². The van der Waals surface area contributed by atoms with Gasteiger partial charge in [-0.05, 0) is 36.6 Å². The lowest BCUT2D eigenvalue weighted by Gasteiger charge is -2.37. The van der Waals surface area contributed by atoms with Crippen LogP contribution in [0, 0.1) is 5.82 Å². The first-order valence-electron chi connectivity index (χ1n) is 7.49. The van der Waals surface area contributed by atoms with Crippen molar-refractivity contribution in [3.05, 3.63) is 42.2 Å². The molecule has 0 saturated heterocycles. The molecule has 1 saturated carbocycles. The molecule has 0 unspecified atom stereocenters. The maximum Gasteiger partial charge on any atom is 0.246 e. The molecule has 1 N–H and O–H groups in total. The highest BCUT2D eigenvalue weighted by atomic mass is 19.1. The van der Waals surface area contributed by atoms with Crippen molar-refractivity contribution < 1.29 is 19.0 Å². The fourth-order valence-electron chi connectivity index (χ4n) is 2.96. The summed E-state index contributed by atoms with van der Waals surface area (Å²) < 4.78 is 18.7. The number of rotatable bonds is 5. The molecule has 120 valence electrons. The summed E-state index contributed by atoms with van der Waals surface area (Å²) in [4.78, 5) is 13.7. The van der Waals surface area contributed by atoms with Gasteiger partial charge in [0.05, 0.1) is 19.3 Å². The van der Waals surface area contributed by atoms with Crippen molar-refractivity contribution >= 4 is 5.91 Å². The third-order valence-corrected chi connectivity index (χ3v) is 4.07. The molecule has 0 bridgehead atoms. The molecule has 1 aliphatic rings. The van der Waals surface area contributed by atoms with Gasteiger partial charge in [-0.25, -0.2) is 4.39 Å². The van der Waals surface area contributed by atoms with Gasteiger partial charge in [0.2, 0.25) is 5.91 Å². The van der Waals surface area contributed by atoms with E-state index in [1.807, 2.05) is 0 Å². The number of aliphatic hydroxyl groups is 1. The molecule has 1 fully saturated rings. The predicted molar refractivity (Wildman–Crippen MR) is 82.0 cm³/mol. The molecular weight excluding hydrogens is 285 g/mol. The largest absolute Gasteiger partial charge is 0.497 e. The molecule has 0 spiro atoms. The average molecular weight is 307 g/mol. The number of aliphatic hydroxyl groups excluding tert-OH is 1. The minimum Gasteiger partial charge on any atom is -0.497 e. The van der Waals surface area contributed by atoms with Crippen molar-refractivity contribution in [3.8, 4) is 5.75 Å². The van der Waals surface area contributed by atoms with Crippen LogP contribution in [0.2, 0.25) is 0 Å². The van der Waals surface area contributed by atoms with Gasteiger partial charge >= 0.3 is 0 Å². The minimum absolute atomic E-state index is 0.223. The van der Waals surface area contributed by atoms with Crippen molar-refractivity contribution in [1.29, 1.82) is 0 Å². The van der Waals surface area contributed by atoms with Crippen LogP contribution in [0.15, 0.2) is 30.9 Å². The summed E-state index contributed by atoms with van der Waals surface area (Å²) in [5.41, 5.74) is 0.629. The second-order valence-corrected chi connectivity index (χ2v) is 5.59. The summed E-state index contributed by atoms with van der Waals surface area (Å²) in [5, 5.41) is 10.2. The van der Waals surface area contributed by atoms with Gasteiger partial charge in [-0.15, -0.1) is 0 Å². The highest BCUT2D eigenvalue weighted by molar-refractivity contribution is 5.87. The van der Waals surface area contributed by atoms with E-state index in [1.165, 1.54) is 25.3 Å². The van der Waals surface area contributed by atoms with E-state index in [0.29, 0.717) is 17.7 Å². The molecule has 2 atom stereocenters. The molecule has 5 heteroatoms. The Morgan fingerprint density at radius 2 is 2.18 bits per heavy atom. The van der Waals surface area contributed by atoms with Gasteiger partial charge in [0.25, 0.3) is 0 Å². The fraction of sp³-hybridized carbons (Fsp3) is 0.471. The third-order valence-electron chi connectivity index (χ3n) is 4.07. The van der Waals surface area contributed by atoms with E-state index in [2.05, 4.69) is 6.58 Å². The fourth-order valence-corrected chi connectivity index (χ4v) is 2.96. The van der Waals surface area contributed by atoms with Crippen LogP contribution in [0.5, 0.6) is 5.75 Å². The number of hydrogen-bond donors (Lipinski definition) is 1. The number of ether oxygens (including phenoxy) is 1. The van der Waals surface area contributed by atoms with E-state index in [4.69, 9.17) is 4.74 Å². The van der Waals surface area contributed by atoms with Crippen LogP contribution < -0.4 is 4.74 Å². The molecule has 4 nitrogen and oxygen atoms in total. The molecule has 1 aromatic rings. The maximum absolute atomic E-state index is 13.6. The number of carbonyl (C=O) groups excluding carboxylic acids is 1. The second-order valence-electron chi connectivity index (χ2n) is 5.59. The van der Waals surface area contributed by atoms with Gasteiger partial charge in [0.15, 0.2) is 0 Å². The second kappa shape index (κ2) is 7.40. The zero-order chi connectivity index (χ0) is 16.1. The Kier molecular flexibility index (Phi) is 5.55. The Balaban J connectivity index is 2.24. The molecule has 1 aromatic carbocycles. The number of carbonyl (C=O) groups is 1. The number of methoxy groups -OCH3 is 1. The van der Waals surface area contributed by atoms with Crippen LogP contribution in [0.3, 0.4) is 0 Å². The normalized spacial score (nSPS) is 21.2. The number of amides is 1. The van der Waals surface area contributed by atoms with E-state index < -0.39 is 11.9 Å². The number of hydrogen-bond acceptors (Lipinski definition) is 3. The van der Waals surface area contributed by atoms with E-state index in [-0.39, 0.29) is 18.5 Å². The molecule has 22 heavy (non-hydrogen) atoms. The Hall–Kier alpha value is -1.88. The van der Waals surface area contributed by atoms with Crippen LogP contribution >= 0.6 is 0 Å². The monoisotopic (exact) mass is 307 g/mol. The average Bonchev–Trinajstić information content (AvgIpc) is 2.52. The topological polar surface area (TPSA) is 49.8 Å². The standard InChI is InChI=1S/C17H22FNO3/c1-3-17(21)19(15-6-4-5-7-16(15)20)11-12-8-13(18)10-14(9-12)22-2/h3,8-10,15-16,20H,1,4-7,11H2,2H3/t15-,16-/m0/s1. The number of halogens is 1. The molecule has 2 rings (SSSR count). The summed E-state index contributed by atoms with van der Waals surface area (Å²) in [5.74, 6) is -0.260. The van der Waals surface area contributed by atoms with Gasteiger partial charge in [-0.3, -0.25) is 4.79 Å². The predicted octanol–water partition coefficient (Wildman–Crippen LogP) is 2.65. The van der Waals surface area contributed by atoms with Gasteiger partial charge in [-0.2, -0.15) is 0 Å². The van der Waals surface area contributed by atoms with Crippen molar-refractivity contribution in [2.45, 2.75) is 44.4 Å². The van der Waals surface area contributed by atoms with Crippen LogP contribution in [-0.4, -0.2) is 35.2 Å². The van der Waals surface area contributed by atoms with Crippen LogP contribution in [0.25, 0.3) is 0 Å². The van der Waals surface area contributed by atoms with E-state index in [9.17, 15) is 14.3 Å². The van der Waals surface area contributed by atoms with Gasteiger partial charge in [-0.1, -0.05) is 19.4 Å². The molecule has 1 aliphatic carbocycles. The molecular formula is C17H22FNO3. The molecule has 1 amide bonds. The zero-order valence-corrected chi connectivity index (χ0v) is 12.8. The lowest BCUT2D eigenvalue weighted by Crippen LogP contribution is -2.47. The summed E-state index contributed by atoms with van der Waals surface area (Å²) in [6, 6.07) is 4.11. The summed E-state index contributed by atoms with van der Waals surface area (Å²) in [6.45, 7) is 3.75. The first-order chi connectivity index (χ1) is 10.5. The van der Waals surface area contributed by atoms with E-state index >= 15 is 0 Å². The minimum atomic E-state index is -0.548. The molecule has 0 radical (unpaired) electrons. The Bertz CT molecular complexity index is 547. The third kappa shape index (κ3) is 3.85. The summed E-state index contributed by atoms with van der Waals surface area (Å²) >= 11 is 0. The van der Waals surface area contributed by atoms with Gasteiger partial charge in [0, 0.05) is 12.6 Å². The lowest BCUT2D eigenvalue weighted by molar-refractivity contribution is -0.132. The van der Waals surface area contributed by atoms with Crippen molar-refractivity contribution in [1.82, 2.24) is 4.90 Å². The highest BCUT2D eigenvalue weighted by Crippen LogP contribution is 2.26. The first-order valence-corrected chi connectivity index (χ1v) is 7.49. The number of nitrogens with zero attached hydrogens (tertiary/aromatic N) is 1. The van der Waals surface area contributed by atoms with Crippen molar-refractivity contribution in [3.63, 3.8) is 0 Å². The Labute approximate surface area is 130 Å². The van der Waals surface area contributed by atoms with Crippen LogP contribution in [0.1, 0.15) is 31.2 Å². The number of benzene rings is 1. The smallest absolute Gasteiger partial charge is 0.246 e. The van der Waals surface area contributed by atoms with Gasteiger partial charge < -0.3 is 14.7 Å². The van der Waals surface area contributed by atoms with Crippen molar-refractivity contribution in [2.75, 3.05) is 7.11 Å². The van der Waals surface area contributed by atoms with Crippen LogP contribution in [-0.2, 0) is 11.3 Å². The quantitative estimate of drug-likeness (QED) is 0.851.